The van der Waals surface area contributed by atoms with Gasteiger partial charge in [-0.15, -0.1) is 22.7 Å². The molecule has 1 aliphatic heterocycles. The summed E-state index contributed by atoms with van der Waals surface area (Å²) in [6.07, 6.45) is 0.187. The largest absolute Gasteiger partial charge is 0.486 e. The van der Waals surface area contributed by atoms with Gasteiger partial charge in [0.25, 0.3) is 0 Å². The highest BCUT2D eigenvalue weighted by Gasteiger charge is 2.17. The molecule has 1 amide bonds. The highest BCUT2D eigenvalue weighted by Crippen LogP contribution is 2.38. The van der Waals surface area contributed by atoms with Crippen molar-refractivity contribution in [1.29, 1.82) is 0 Å². The molecule has 0 bridgehead atoms. The zero-order valence-corrected chi connectivity index (χ0v) is 15.3. The first-order valence-corrected chi connectivity index (χ1v) is 9.70. The summed E-state index contributed by atoms with van der Waals surface area (Å²) >= 11 is 9.38. The van der Waals surface area contributed by atoms with E-state index in [4.69, 9.17) is 21.1 Å². The number of benzene rings is 1. The molecule has 3 heterocycles. The van der Waals surface area contributed by atoms with Crippen LogP contribution in [-0.4, -0.2) is 24.1 Å². The van der Waals surface area contributed by atoms with Gasteiger partial charge in [0.05, 0.1) is 27.7 Å². The smallest absolute Gasteiger partial charge is 0.230 e. The van der Waals surface area contributed by atoms with Gasteiger partial charge in [-0.2, -0.15) is 0 Å². The summed E-state index contributed by atoms with van der Waals surface area (Å²) in [5.41, 5.74) is 1.24. The van der Waals surface area contributed by atoms with Crippen LogP contribution in [0.5, 0.6) is 11.5 Å². The lowest BCUT2D eigenvalue weighted by atomic mass is 10.2. The maximum absolute atomic E-state index is 12.3. The number of nitrogens with one attached hydrogen (secondary N) is 1. The van der Waals surface area contributed by atoms with Crippen molar-refractivity contribution in [2.75, 3.05) is 18.5 Å². The van der Waals surface area contributed by atoms with Crippen molar-refractivity contribution in [3.63, 3.8) is 0 Å². The summed E-state index contributed by atoms with van der Waals surface area (Å²) in [6.45, 7) is 0.970. The molecule has 0 saturated carbocycles. The molecule has 0 fully saturated rings. The van der Waals surface area contributed by atoms with E-state index in [-0.39, 0.29) is 12.3 Å². The number of anilines is 1. The molecule has 25 heavy (non-hydrogen) atoms. The fourth-order valence-corrected chi connectivity index (χ4v) is 4.26. The Morgan fingerprint density at radius 1 is 1.24 bits per heavy atom. The lowest BCUT2D eigenvalue weighted by Gasteiger charge is -2.19. The van der Waals surface area contributed by atoms with Crippen LogP contribution in [0.2, 0.25) is 5.02 Å². The summed E-state index contributed by atoms with van der Waals surface area (Å²) in [6, 6.07) is 7.34. The maximum atomic E-state index is 12.3. The standard InChI is InChI=1S/C17H13ClN2O3S2/c18-11-7-13-14(23-4-3-22-13)8-12(11)20-16(21)6-10-9-25-17(19-10)15-2-1-5-24-15/h1-2,5,7-9H,3-4,6H2,(H,20,21). The van der Waals surface area contributed by atoms with E-state index in [1.807, 2.05) is 22.9 Å². The number of thiophene rings is 1. The van der Waals surface area contributed by atoms with E-state index in [9.17, 15) is 4.79 Å². The van der Waals surface area contributed by atoms with Crippen molar-refractivity contribution >= 4 is 45.9 Å². The minimum Gasteiger partial charge on any atom is -0.486 e. The Hall–Kier alpha value is -2.09. The van der Waals surface area contributed by atoms with Crippen molar-refractivity contribution in [1.82, 2.24) is 4.98 Å². The van der Waals surface area contributed by atoms with Gasteiger partial charge in [0, 0.05) is 17.5 Å². The van der Waals surface area contributed by atoms with Gasteiger partial charge in [-0.25, -0.2) is 4.98 Å². The number of hydrogen-bond acceptors (Lipinski definition) is 6. The highest BCUT2D eigenvalue weighted by atomic mass is 35.5. The number of carbonyl (C=O) groups is 1. The van der Waals surface area contributed by atoms with Gasteiger partial charge < -0.3 is 14.8 Å². The van der Waals surface area contributed by atoms with Crippen LogP contribution in [-0.2, 0) is 11.2 Å². The number of nitrogens with zero attached hydrogens (tertiary/aromatic N) is 1. The number of hydrogen-bond donors (Lipinski definition) is 1. The van der Waals surface area contributed by atoms with E-state index in [1.54, 1.807) is 23.5 Å². The molecular weight excluding hydrogens is 380 g/mol. The summed E-state index contributed by atoms with van der Waals surface area (Å²) < 4.78 is 11.0. The normalized spacial score (nSPS) is 12.8. The lowest BCUT2D eigenvalue weighted by molar-refractivity contribution is -0.115. The van der Waals surface area contributed by atoms with E-state index in [2.05, 4.69) is 10.3 Å². The van der Waals surface area contributed by atoms with Gasteiger partial charge in [-0.05, 0) is 11.4 Å². The number of rotatable bonds is 4. The second-order valence-electron chi connectivity index (χ2n) is 5.32. The van der Waals surface area contributed by atoms with Crippen LogP contribution in [0.1, 0.15) is 5.69 Å². The molecule has 0 aliphatic carbocycles. The predicted octanol–water partition coefficient (Wildman–Crippen LogP) is 4.48. The third-order valence-corrected chi connectivity index (χ3v) is 5.77. The lowest BCUT2D eigenvalue weighted by Crippen LogP contribution is -2.17. The Balaban J connectivity index is 1.46. The molecule has 0 unspecified atom stereocenters. The third kappa shape index (κ3) is 3.63. The fraction of sp³-hybridized carbons (Fsp3) is 0.176. The second-order valence-corrected chi connectivity index (χ2v) is 7.53. The molecule has 3 aromatic rings. The first-order valence-electron chi connectivity index (χ1n) is 7.56. The van der Waals surface area contributed by atoms with E-state index in [1.165, 1.54) is 11.3 Å². The van der Waals surface area contributed by atoms with E-state index < -0.39 is 0 Å². The van der Waals surface area contributed by atoms with Gasteiger partial charge in [0.15, 0.2) is 11.5 Å². The minimum atomic E-state index is -0.179. The fourth-order valence-electron chi connectivity index (χ4n) is 2.42. The van der Waals surface area contributed by atoms with Crippen LogP contribution in [0, 0.1) is 0 Å². The first kappa shape index (κ1) is 16.4. The molecule has 2 aromatic heterocycles. The predicted molar refractivity (Wildman–Crippen MR) is 100 cm³/mol. The number of amides is 1. The number of aromatic nitrogens is 1. The van der Waals surface area contributed by atoms with Crippen LogP contribution in [0.3, 0.4) is 0 Å². The summed E-state index contributed by atoms with van der Waals surface area (Å²) in [5, 5.41) is 8.06. The summed E-state index contributed by atoms with van der Waals surface area (Å²) in [7, 11) is 0. The van der Waals surface area contributed by atoms with Crippen molar-refractivity contribution in [3.8, 4) is 21.4 Å². The zero-order chi connectivity index (χ0) is 17.2. The Labute approximate surface area is 157 Å². The van der Waals surface area contributed by atoms with Gasteiger partial charge in [0.1, 0.15) is 18.2 Å². The number of fused-ring (bicyclic) bond motifs is 1. The molecule has 0 spiro atoms. The third-order valence-electron chi connectivity index (χ3n) is 3.53. The molecule has 0 radical (unpaired) electrons. The van der Waals surface area contributed by atoms with Gasteiger partial charge >= 0.3 is 0 Å². The van der Waals surface area contributed by atoms with Gasteiger partial charge in [0.2, 0.25) is 5.91 Å². The van der Waals surface area contributed by atoms with Crippen LogP contribution in [0.4, 0.5) is 5.69 Å². The summed E-state index contributed by atoms with van der Waals surface area (Å²) in [5.74, 6) is 0.996. The average molecular weight is 393 g/mol. The molecule has 0 saturated heterocycles. The number of thiazole rings is 1. The van der Waals surface area contributed by atoms with Crippen molar-refractivity contribution in [3.05, 3.63) is 45.7 Å². The minimum absolute atomic E-state index is 0.179. The van der Waals surface area contributed by atoms with Crippen molar-refractivity contribution < 1.29 is 14.3 Å². The quantitative estimate of drug-likeness (QED) is 0.711. The van der Waals surface area contributed by atoms with Crippen LogP contribution in [0.25, 0.3) is 9.88 Å². The van der Waals surface area contributed by atoms with Crippen molar-refractivity contribution in [2.24, 2.45) is 0 Å². The first-order chi connectivity index (χ1) is 12.2. The van der Waals surface area contributed by atoms with Gasteiger partial charge in [-0.3, -0.25) is 4.79 Å². The number of halogens is 1. The Morgan fingerprint density at radius 3 is 2.80 bits per heavy atom. The van der Waals surface area contributed by atoms with E-state index in [0.717, 1.165) is 15.6 Å². The summed E-state index contributed by atoms with van der Waals surface area (Å²) in [4.78, 5) is 17.9. The average Bonchev–Trinajstić information content (AvgIpc) is 3.26. The van der Waals surface area contributed by atoms with E-state index in [0.29, 0.717) is 35.4 Å². The molecule has 1 N–H and O–H groups in total. The Kier molecular flexibility index (Phi) is 4.61. The highest BCUT2D eigenvalue weighted by molar-refractivity contribution is 7.20. The van der Waals surface area contributed by atoms with E-state index >= 15 is 0 Å². The number of carbonyl (C=O) groups excluding carboxylic acids is 1. The molecule has 128 valence electrons. The van der Waals surface area contributed by atoms with Crippen LogP contribution >= 0.6 is 34.3 Å². The number of ether oxygens (including phenoxy) is 2. The Morgan fingerprint density at radius 2 is 2.04 bits per heavy atom. The molecule has 4 rings (SSSR count). The Bertz CT molecular complexity index is 909. The van der Waals surface area contributed by atoms with Crippen LogP contribution in [0.15, 0.2) is 35.0 Å². The molecule has 1 aliphatic rings. The zero-order valence-electron chi connectivity index (χ0n) is 13.0. The molecule has 1 aromatic carbocycles. The topological polar surface area (TPSA) is 60.5 Å². The molecule has 5 nitrogen and oxygen atoms in total. The van der Waals surface area contributed by atoms with Crippen molar-refractivity contribution in [2.45, 2.75) is 6.42 Å². The molecule has 0 atom stereocenters. The SMILES string of the molecule is O=C(Cc1csc(-c2cccs2)n1)Nc1cc2c(cc1Cl)OCCO2. The maximum Gasteiger partial charge on any atom is 0.230 e. The van der Waals surface area contributed by atoms with Crippen LogP contribution < -0.4 is 14.8 Å². The van der Waals surface area contributed by atoms with Gasteiger partial charge in [-0.1, -0.05) is 17.7 Å². The molecule has 8 heteroatoms. The molecular formula is C17H13ClN2O3S2. The second kappa shape index (κ2) is 7.03. The monoisotopic (exact) mass is 392 g/mol.